The van der Waals surface area contributed by atoms with Crippen LogP contribution in [-0.2, 0) is 0 Å². The van der Waals surface area contributed by atoms with Crippen LogP contribution in [0.25, 0.3) is 10.2 Å². The lowest BCUT2D eigenvalue weighted by Crippen LogP contribution is -1.75. The molecule has 0 saturated heterocycles. The van der Waals surface area contributed by atoms with Crippen molar-refractivity contribution >= 4 is 33.4 Å². The van der Waals surface area contributed by atoms with Crippen molar-refractivity contribution in [2.75, 3.05) is 0 Å². The molecule has 2 aromatic rings. The first kappa shape index (κ1) is 7.00. The second-order valence-electron chi connectivity index (χ2n) is 2.34. The van der Waals surface area contributed by atoms with Gasteiger partial charge in [0.15, 0.2) is 0 Å². The van der Waals surface area contributed by atoms with Gasteiger partial charge in [-0.05, 0) is 36.2 Å². The van der Waals surface area contributed by atoms with Gasteiger partial charge in [0.2, 0.25) is 0 Å². The molecule has 0 spiro atoms. The second kappa shape index (κ2) is 2.43. The van der Waals surface area contributed by atoms with Crippen LogP contribution in [0.4, 0.5) is 0 Å². The summed E-state index contributed by atoms with van der Waals surface area (Å²) in [6.07, 6.45) is 0. The predicted molar refractivity (Wildman–Crippen MR) is 47.2 cm³/mol. The molecule has 0 bridgehead atoms. The molecule has 1 heterocycles. The van der Waals surface area contributed by atoms with Gasteiger partial charge in [0, 0.05) is 5.02 Å². The topological polar surface area (TPSA) is 25.8 Å². The van der Waals surface area contributed by atoms with Crippen LogP contribution in [0.15, 0.2) is 12.1 Å². The van der Waals surface area contributed by atoms with Gasteiger partial charge in [-0.25, -0.2) is 0 Å². The van der Waals surface area contributed by atoms with Gasteiger partial charge in [-0.2, -0.15) is 0 Å². The molecule has 2 nitrogen and oxygen atoms in total. The zero-order valence-corrected chi connectivity index (χ0v) is 7.41. The highest BCUT2D eigenvalue weighted by Gasteiger charge is 2.02. The summed E-state index contributed by atoms with van der Waals surface area (Å²) in [4.78, 5) is 0. The number of benzene rings is 1. The number of nitrogens with zero attached hydrogens (tertiary/aromatic N) is 2. The predicted octanol–water partition coefficient (Wildman–Crippen LogP) is 2.65. The molecule has 11 heavy (non-hydrogen) atoms. The maximum atomic E-state index is 5.83. The minimum Gasteiger partial charge on any atom is -0.138 e. The van der Waals surface area contributed by atoms with Crippen molar-refractivity contribution in [2.45, 2.75) is 6.92 Å². The van der Waals surface area contributed by atoms with Gasteiger partial charge in [-0.15, -0.1) is 5.10 Å². The molecule has 0 atom stereocenters. The highest BCUT2D eigenvalue weighted by atomic mass is 35.5. The third-order valence-electron chi connectivity index (χ3n) is 1.51. The lowest BCUT2D eigenvalue weighted by atomic mass is 10.2. The molecule has 2 rings (SSSR count). The molecule has 0 aliphatic heterocycles. The van der Waals surface area contributed by atoms with Crippen molar-refractivity contribution in [3.63, 3.8) is 0 Å². The Balaban J connectivity index is 2.91. The number of hydrogen-bond acceptors (Lipinski definition) is 3. The van der Waals surface area contributed by atoms with E-state index >= 15 is 0 Å². The fourth-order valence-corrected chi connectivity index (χ4v) is 2.02. The van der Waals surface area contributed by atoms with E-state index in [1.54, 1.807) is 0 Å². The fraction of sp³-hybridized carbons (Fsp3) is 0.143. The first-order valence-electron chi connectivity index (χ1n) is 3.15. The number of hydrogen-bond donors (Lipinski definition) is 0. The first-order chi connectivity index (χ1) is 5.27. The third kappa shape index (κ3) is 1.10. The van der Waals surface area contributed by atoms with Crippen LogP contribution in [0, 0.1) is 6.92 Å². The third-order valence-corrected chi connectivity index (χ3v) is 2.40. The van der Waals surface area contributed by atoms with Crippen molar-refractivity contribution in [2.24, 2.45) is 0 Å². The van der Waals surface area contributed by atoms with E-state index < -0.39 is 0 Å². The number of halogens is 1. The van der Waals surface area contributed by atoms with Crippen molar-refractivity contribution < 1.29 is 0 Å². The number of aromatic nitrogens is 2. The molecule has 1 aromatic heterocycles. The summed E-state index contributed by atoms with van der Waals surface area (Å²) in [7, 11) is 0. The molecule has 4 heteroatoms. The molecular weight excluding hydrogens is 180 g/mol. The Hall–Kier alpha value is -0.670. The molecule has 0 aliphatic rings. The Morgan fingerprint density at radius 3 is 3.09 bits per heavy atom. The van der Waals surface area contributed by atoms with Crippen LogP contribution >= 0.6 is 23.1 Å². The van der Waals surface area contributed by atoms with Crippen LogP contribution in [0.2, 0.25) is 5.02 Å². The average molecular weight is 185 g/mol. The Morgan fingerprint density at radius 2 is 2.27 bits per heavy atom. The van der Waals surface area contributed by atoms with E-state index in [1.807, 2.05) is 19.1 Å². The molecule has 0 fully saturated rings. The zero-order chi connectivity index (χ0) is 7.84. The first-order valence-corrected chi connectivity index (χ1v) is 4.31. The van der Waals surface area contributed by atoms with Crippen LogP contribution in [-0.4, -0.2) is 9.59 Å². The Bertz CT molecular complexity index is 396. The smallest absolute Gasteiger partial charge is 0.108 e. The molecule has 1 aromatic carbocycles. The van der Waals surface area contributed by atoms with Gasteiger partial charge in [0.25, 0.3) is 0 Å². The van der Waals surface area contributed by atoms with E-state index in [0.717, 1.165) is 20.8 Å². The van der Waals surface area contributed by atoms with Crippen molar-refractivity contribution in [1.29, 1.82) is 0 Å². The van der Waals surface area contributed by atoms with Crippen LogP contribution in [0.1, 0.15) is 5.56 Å². The van der Waals surface area contributed by atoms with E-state index in [1.165, 1.54) is 11.5 Å². The monoisotopic (exact) mass is 184 g/mol. The SMILES string of the molecule is Cc1cc(Cl)cc2snnc12. The summed E-state index contributed by atoms with van der Waals surface area (Å²) in [6.45, 7) is 1.98. The summed E-state index contributed by atoms with van der Waals surface area (Å²) in [5.74, 6) is 0. The Labute approximate surface area is 73.0 Å². The highest BCUT2D eigenvalue weighted by molar-refractivity contribution is 7.13. The van der Waals surface area contributed by atoms with Crippen LogP contribution < -0.4 is 0 Å². The molecule has 0 radical (unpaired) electrons. The van der Waals surface area contributed by atoms with Crippen molar-refractivity contribution in [1.82, 2.24) is 9.59 Å². The van der Waals surface area contributed by atoms with Crippen molar-refractivity contribution in [3.8, 4) is 0 Å². The number of fused-ring (bicyclic) bond motifs is 1. The molecule has 0 unspecified atom stereocenters. The highest BCUT2D eigenvalue weighted by Crippen LogP contribution is 2.23. The van der Waals surface area contributed by atoms with E-state index in [4.69, 9.17) is 11.6 Å². The summed E-state index contributed by atoms with van der Waals surface area (Å²) in [5.41, 5.74) is 2.04. The lowest BCUT2D eigenvalue weighted by Gasteiger charge is -1.92. The second-order valence-corrected chi connectivity index (χ2v) is 3.56. The maximum absolute atomic E-state index is 5.83. The summed E-state index contributed by atoms with van der Waals surface area (Å²) in [6, 6.07) is 3.78. The van der Waals surface area contributed by atoms with Gasteiger partial charge in [-0.3, -0.25) is 0 Å². The van der Waals surface area contributed by atoms with Gasteiger partial charge < -0.3 is 0 Å². The summed E-state index contributed by atoms with van der Waals surface area (Å²) < 4.78 is 4.89. The van der Waals surface area contributed by atoms with E-state index in [0.29, 0.717) is 0 Å². The standard InChI is InChI=1S/C7H5ClN2S/c1-4-2-5(8)3-6-7(4)9-10-11-6/h2-3H,1H3. The minimum absolute atomic E-state index is 0.751. The van der Waals surface area contributed by atoms with Crippen molar-refractivity contribution in [3.05, 3.63) is 22.7 Å². The van der Waals surface area contributed by atoms with E-state index in [2.05, 4.69) is 9.59 Å². The molecule has 56 valence electrons. The molecule has 0 amide bonds. The number of aryl methyl sites for hydroxylation is 1. The quantitative estimate of drug-likeness (QED) is 0.629. The molecule has 0 saturated carbocycles. The van der Waals surface area contributed by atoms with Crippen LogP contribution in [0.5, 0.6) is 0 Å². The van der Waals surface area contributed by atoms with E-state index in [9.17, 15) is 0 Å². The minimum atomic E-state index is 0.751. The largest absolute Gasteiger partial charge is 0.138 e. The zero-order valence-electron chi connectivity index (χ0n) is 5.84. The summed E-state index contributed by atoms with van der Waals surface area (Å²) >= 11 is 7.20. The Morgan fingerprint density at radius 1 is 1.45 bits per heavy atom. The Kier molecular flexibility index (Phi) is 1.55. The summed E-state index contributed by atoms with van der Waals surface area (Å²) in [5, 5.41) is 4.72. The fourth-order valence-electron chi connectivity index (χ4n) is 1.01. The van der Waals surface area contributed by atoms with Gasteiger partial charge >= 0.3 is 0 Å². The van der Waals surface area contributed by atoms with Gasteiger partial charge in [0.1, 0.15) is 5.52 Å². The van der Waals surface area contributed by atoms with Gasteiger partial charge in [-0.1, -0.05) is 16.1 Å². The van der Waals surface area contributed by atoms with E-state index in [-0.39, 0.29) is 0 Å². The van der Waals surface area contributed by atoms with Gasteiger partial charge in [0.05, 0.1) is 4.70 Å². The molecular formula is C7H5ClN2S. The number of rotatable bonds is 0. The molecule has 0 N–H and O–H groups in total. The maximum Gasteiger partial charge on any atom is 0.108 e. The average Bonchev–Trinajstić information content (AvgIpc) is 2.34. The lowest BCUT2D eigenvalue weighted by molar-refractivity contribution is 1.19. The normalized spacial score (nSPS) is 10.7. The molecule has 0 aliphatic carbocycles. The van der Waals surface area contributed by atoms with Crippen LogP contribution in [0.3, 0.4) is 0 Å².